The highest BCUT2D eigenvalue weighted by molar-refractivity contribution is 7.84. The number of hydrogen-bond acceptors (Lipinski definition) is 4. The maximum atomic E-state index is 11.1. The number of nitriles is 1. The molecule has 2 atom stereocenters. The van der Waals surface area contributed by atoms with Crippen molar-refractivity contribution in [3.05, 3.63) is 23.9 Å². The Morgan fingerprint density at radius 1 is 1.67 bits per heavy atom. The van der Waals surface area contributed by atoms with E-state index in [1.165, 1.54) is 6.20 Å². The molecule has 1 heterocycles. The first-order valence-corrected chi connectivity index (χ1v) is 6.18. The summed E-state index contributed by atoms with van der Waals surface area (Å²) in [6, 6.07) is 5.44. The number of nitrogens with zero attached hydrogens (tertiary/aromatic N) is 2. The van der Waals surface area contributed by atoms with Crippen molar-refractivity contribution in [1.82, 2.24) is 4.98 Å². The zero-order valence-corrected chi connectivity index (χ0v) is 9.54. The van der Waals surface area contributed by atoms with Crippen LogP contribution in [0.1, 0.15) is 12.5 Å². The third-order valence-corrected chi connectivity index (χ3v) is 3.33. The second kappa shape index (κ2) is 5.47. The Labute approximate surface area is 91.8 Å². The molecule has 1 aromatic rings. The Morgan fingerprint density at radius 2 is 2.40 bits per heavy atom. The Balaban J connectivity index is 2.52. The number of pyridine rings is 1. The Morgan fingerprint density at radius 3 is 2.87 bits per heavy atom. The molecule has 1 rings (SSSR count). The standard InChI is InChI=1S/C10H13N3OS/c1-8(15(2)14)6-12-10-4-3-9(5-11)7-13-10/h3-4,7-8H,6H2,1-2H3,(H,12,13). The molecule has 0 spiro atoms. The molecule has 0 aliphatic carbocycles. The second-order valence-corrected chi connectivity index (χ2v) is 5.04. The number of nitrogens with one attached hydrogen (secondary N) is 1. The van der Waals surface area contributed by atoms with Gasteiger partial charge in [-0.05, 0) is 19.1 Å². The molecule has 0 aromatic carbocycles. The minimum Gasteiger partial charge on any atom is -0.369 e. The quantitative estimate of drug-likeness (QED) is 0.831. The summed E-state index contributed by atoms with van der Waals surface area (Å²) in [7, 11) is -0.833. The third-order valence-electron chi connectivity index (χ3n) is 2.03. The lowest BCUT2D eigenvalue weighted by Crippen LogP contribution is -2.21. The minimum absolute atomic E-state index is 0.0856. The van der Waals surface area contributed by atoms with E-state index >= 15 is 0 Å². The van der Waals surface area contributed by atoms with Gasteiger partial charge in [-0.15, -0.1) is 0 Å². The minimum atomic E-state index is -0.833. The lowest BCUT2D eigenvalue weighted by molar-refractivity contribution is 0.679. The number of aromatic nitrogens is 1. The van der Waals surface area contributed by atoms with E-state index < -0.39 is 10.8 Å². The summed E-state index contributed by atoms with van der Waals surface area (Å²) in [4.78, 5) is 4.05. The van der Waals surface area contributed by atoms with Crippen molar-refractivity contribution in [3.8, 4) is 6.07 Å². The summed E-state index contributed by atoms with van der Waals surface area (Å²) in [6.07, 6.45) is 3.19. The molecule has 1 N–H and O–H groups in total. The molecule has 0 saturated heterocycles. The van der Waals surface area contributed by atoms with E-state index in [0.29, 0.717) is 17.9 Å². The van der Waals surface area contributed by atoms with Crippen molar-refractivity contribution in [2.75, 3.05) is 18.1 Å². The van der Waals surface area contributed by atoms with Gasteiger partial charge in [0.15, 0.2) is 0 Å². The van der Waals surface area contributed by atoms with Crippen molar-refractivity contribution in [2.24, 2.45) is 0 Å². The molecule has 0 fully saturated rings. The average molecular weight is 223 g/mol. The molecule has 0 aliphatic rings. The van der Waals surface area contributed by atoms with Gasteiger partial charge in [0.25, 0.3) is 0 Å². The monoisotopic (exact) mass is 223 g/mol. The van der Waals surface area contributed by atoms with E-state index in [-0.39, 0.29) is 5.25 Å². The van der Waals surface area contributed by atoms with Gasteiger partial charge < -0.3 is 5.32 Å². The molecule has 2 unspecified atom stereocenters. The predicted molar refractivity (Wildman–Crippen MR) is 61.0 cm³/mol. The van der Waals surface area contributed by atoms with Gasteiger partial charge in [0.05, 0.1) is 5.56 Å². The first-order valence-electron chi connectivity index (χ1n) is 4.55. The molecule has 15 heavy (non-hydrogen) atoms. The summed E-state index contributed by atoms with van der Waals surface area (Å²) >= 11 is 0. The molecular weight excluding hydrogens is 210 g/mol. The van der Waals surface area contributed by atoms with Crippen LogP contribution < -0.4 is 5.32 Å². The molecule has 80 valence electrons. The molecule has 0 bridgehead atoms. The fourth-order valence-corrected chi connectivity index (χ4v) is 1.25. The van der Waals surface area contributed by atoms with Crippen LogP contribution in [0.15, 0.2) is 18.3 Å². The van der Waals surface area contributed by atoms with Crippen LogP contribution in [0.5, 0.6) is 0 Å². The van der Waals surface area contributed by atoms with Gasteiger partial charge in [-0.25, -0.2) is 4.98 Å². The van der Waals surface area contributed by atoms with Gasteiger partial charge in [0.1, 0.15) is 11.9 Å². The smallest absolute Gasteiger partial charge is 0.126 e. The molecule has 1 aromatic heterocycles. The van der Waals surface area contributed by atoms with Crippen molar-refractivity contribution in [3.63, 3.8) is 0 Å². The van der Waals surface area contributed by atoms with Crippen LogP contribution in [0.3, 0.4) is 0 Å². The van der Waals surface area contributed by atoms with Crippen LogP contribution in [0.25, 0.3) is 0 Å². The highest BCUT2D eigenvalue weighted by atomic mass is 32.2. The first kappa shape index (κ1) is 11.7. The molecular formula is C10H13N3OS. The molecule has 0 amide bonds. The zero-order chi connectivity index (χ0) is 11.3. The van der Waals surface area contributed by atoms with Gasteiger partial charge in [0, 0.05) is 35.0 Å². The van der Waals surface area contributed by atoms with Crippen molar-refractivity contribution in [1.29, 1.82) is 5.26 Å². The average Bonchev–Trinajstić information content (AvgIpc) is 2.26. The maximum Gasteiger partial charge on any atom is 0.126 e. The second-order valence-electron chi connectivity index (χ2n) is 3.23. The van der Waals surface area contributed by atoms with E-state index in [4.69, 9.17) is 5.26 Å². The summed E-state index contributed by atoms with van der Waals surface area (Å²) in [5.41, 5.74) is 0.535. The predicted octanol–water partition coefficient (Wildman–Crippen LogP) is 1.13. The molecule has 0 saturated carbocycles. The van der Waals surface area contributed by atoms with Crippen molar-refractivity contribution >= 4 is 16.6 Å². The van der Waals surface area contributed by atoms with E-state index in [0.717, 1.165) is 0 Å². The van der Waals surface area contributed by atoms with Gasteiger partial charge in [-0.2, -0.15) is 5.26 Å². The van der Waals surface area contributed by atoms with Crippen LogP contribution in [0.2, 0.25) is 0 Å². The van der Waals surface area contributed by atoms with E-state index in [2.05, 4.69) is 10.3 Å². The highest BCUT2D eigenvalue weighted by Gasteiger charge is 2.05. The zero-order valence-electron chi connectivity index (χ0n) is 8.73. The van der Waals surface area contributed by atoms with E-state index in [1.54, 1.807) is 18.4 Å². The van der Waals surface area contributed by atoms with Gasteiger partial charge in [0.2, 0.25) is 0 Å². The van der Waals surface area contributed by atoms with Crippen molar-refractivity contribution < 1.29 is 4.21 Å². The van der Waals surface area contributed by atoms with Crippen LogP contribution >= 0.6 is 0 Å². The normalized spacial score (nSPS) is 13.9. The fourth-order valence-electron chi connectivity index (χ4n) is 0.930. The van der Waals surface area contributed by atoms with Crippen LogP contribution in [0.4, 0.5) is 5.82 Å². The Bertz CT molecular complexity index is 383. The lowest BCUT2D eigenvalue weighted by Gasteiger charge is -2.09. The van der Waals surface area contributed by atoms with Gasteiger partial charge >= 0.3 is 0 Å². The Hall–Kier alpha value is -1.41. The number of rotatable bonds is 4. The summed E-state index contributed by atoms with van der Waals surface area (Å²) in [5, 5.41) is 11.7. The van der Waals surface area contributed by atoms with E-state index in [9.17, 15) is 4.21 Å². The molecule has 5 heteroatoms. The van der Waals surface area contributed by atoms with Gasteiger partial charge in [-0.1, -0.05) is 0 Å². The first-order chi connectivity index (χ1) is 7.13. The molecule has 0 aliphatic heterocycles. The fraction of sp³-hybridized carbons (Fsp3) is 0.400. The Kier molecular flexibility index (Phi) is 4.25. The van der Waals surface area contributed by atoms with E-state index in [1.807, 2.05) is 13.0 Å². The SMILES string of the molecule is CC(CNc1ccc(C#N)cn1)S(C)=O. The lowest BCUT2D eigenvalue weighted by atomic mass is 10.3. The van der Waals surface area contributed by atoms with Crippen LogP contribution in [-0.4, -0.2) is 27.2 Å². The molecule has 4 nitrogen and oxygen atoms in total. The highest BCUT2D eigenvalue weighted by Crippen LogP contribution is 2.04. The number of hydrogen-bond donors (Lipinski definition) is 1. The summed E-state index contributed by atoms with van der Waals surface area (Å²) in [6.45, 7) is 2.52. The number of anilines is 1. The summed E-state index contributed by atoms with van der Waals surface area (Å²) in [5.74, 6) is 0.700. The van der Waals surface area contributed by atoms with Gasteiger partial charge in [-0.3, -0.25) is 4.21 Å². The maximum absolute atomic E-state index is 11.1. The van der Waals surface area contributed by atoms with Crippen molar-refractivity contribution in [2.45, 2.75) is 12.2 Å². The third kappa shape index (κ3) is 3.68. The topological polar surface area (TPSA) is 65.8 Å². The molecule has 0 radical (unpaired) electrons. The van der Waals surface area contributed by atoms with Crippen LogP contribution in [0, 0.1) is 11.3 Å². The summed E-state index contributed by atoms with van der Waals surface area (Å²) < 4.78 is 11.1. The van der Waals surface area contributed by atoms with Crippen LogP contribution in [-0.2, 0) is 10.8 Å². The largest absolute Gasteiger partial charge is 0.369 e.